The molecule has 1 amide bonds. The van der Waals surface area contributed by atoms with Crippen molar-refractivity contribution >= 4 is 11.6 Å². The fourth-order valence-corrected chi connectivity index (χ4v) is 2.72. The van der Waals surface area contributed by atoms with Crippen molar-refractivity contribution in [1.29, 1.82) is 0 Å². The molecule has 0 radical (unpaired) electrons. The van der Waals surface area contributed by atoms with Gasteiger partial charge in [-0.2, -0.15) is 0 Å². The van der Waals surface area contributed by atoms with Crippen LogP contribution in [0, 0.1) is 0 Å². The van der Waals surface area contributed by atoms with E-state index in [1.807, 2.05) is 23.1 Å². The zero-order chi connectivity index (χ0) is 13.9. The molecule has 2 N–H and O–H groups in total. The van der Waals surface area contributed by atoms with Gasteiger partial charge in [0.15, 0.2) is 0 Å². The van der Waals surface area contributed by atoms with Crippen LogP contribution in [-0.2, 0) is 11.3 Å². The molecule has 20 heavy (non-hydrogen) atoms. The normalized spacial score (nSPS) is 17.2. The number of hydrogen-bond donors (Lipinski definition) is 1. The third kappa shape index (κ3) is 2.30. The van der Waals surface area contributed by atoms with E-state index >= 15 is 0 Å². The molecular formula is C14H17N5O. The molecule has 0 spiro atoms. The molecule has 2 heterocycles. The van der Waals surface area contributed by atoms with Crippen molar-refractivity contribution in [2.24, 2.45) is 5.73 Å². The van der Waals surface area contributed by atoms with E-state index in [1.165, 1.54) is 5.56 Å². The summed E-state index contributed by atoms with van der Waals surface area (Å²) in [5.41, 5.74) is 7.88. The summed E-state index contributed by atoms with van der Waals surface area (Å²) >= 11 is 0. The van der Waals surface area contributed by atoms with Crippen LogP contribution in [0.25, 0.3) is 0 Å². The molecule has 0 fully saturated rings. The first kappa shape index (κ1) is 12.8. The van der Waals surface area contributed by atoms with Gasteiger partial charge in [0.05, 0.1) is 6.20 Å². The highest BCUT2D eigenvalue weighted by Crippen LogP contribution is 2.37. The Morgan fingerprint density at radius 3 is 3.00 bits per heavy atom. The summed E-state index contributed by atoms with van der Waals surface area (Å²) in [5.74, 6) is 0.360. The van der Waals surface area contributed by atoms with Crippen LogP contribution >= 0.6 is 0 Å². The number of amides is 1. The van der Waals surface area contributed by atoms with Crippen molar-refractivity contribution < 1.29 is 4.79 Å². The minimum absolute atomic E-state index is 0.0301. The Kier molecular flexibility index (Phi) is 3.47. The number of para-hydroxylation sites is 1. The molecule has 1 atom stereocenters. The Balaban J connectivity index is 1.82. The van der Waals surface area contributed by atoms with Gasteiger partial charge in [-0.05, 0) is 24.6 Å². The lowest BCUT2D eigenvalue weighted by Crippen LogP contribution is -2.33. The Morgan fingerprint density at radius 2 is 2.25 bits per heavy atom. The van der Waals surface area contributed by atoms with Gasteiger partial charge < -0.3 is 10.6 Å². The van der Waals surface area contributed by atoms with Crippen LogP contribution in [-0.4, -0.2) is 34.0 Å². The molecule has 1 aromatic carbocycles. The summed E-state index contributed by atoms with van der Waals surface area (Å²) in [6.45, 7) is 1.54. The molecule has 0 bridgehead atoms. The van der Waals surface area contributed by atoms with Crippen molar-refractivity contribution in [2.75, 3.05) is 18.0 Å². The van der Waals surface area contributed by atoms with Gasteiger partial charge >= 0.3 is 0 Å². The second-order valence-electron chi connectivity index (χ2n) is 4.94. The van der Waals surface area contributed by atoms with Gasteiger partial charge in [-0.15, -0.1) is 5.10 Å². The van der Waals surface area contributed by atoms with Crippen LogP contribution in [0.3, 0.4) is 0 Å². The lowest BCUT2D eigenvalue weighted by molar-refractivity contribution is -0.119. The second kappa shape index (κ2) is 5.42. The zero-order valence-corrected chi connectivity index (χ0v) is 11.1. The number of benzene rings is 1. The van der Waals surface area contributed by atoms with Crippen LogP contribution in [0.15, 0.2) is 36.7 Å². The maximum Gasteiger partial charge on any atom is 0.248 e. The van der Waals surface area contributed by atoms with Crippen LogP contribution < -0.4 is 10.6 Å². The van der Waals surface area contributed by atoms with E-state index < -0.39 is 0 Å². The van der Waals surface area contributed by atoms with Gasteiger partial charge in [0.1, 0.15) is 6.54 Å². The van der Waals surface area contributed by atoms with E-state index in [-0.39, 0.29) is 12.5 Å². The summed E-state index contributed by atoms with van der Waals surface area (Å²) in [7, 11) is 0. The number of nitrogens with zero attached hydrogens (tertiary/aromatic N) is 4. The highest BCUT2D eigenvalue weighted by Gasteiger charge is 2.31. The molecule has 1 aliphatic rings. The maximum absolute atomic E-state index is 12.4. The van der Waals surface area contributed by atoms with E-state index in [0.717, 1.165) is 12.1 Å². The molecule has 104 valence electrons. The smallest absolute Gasteiger partial charge is 0.248 e. The number of nitrogens with two attached hydrogens (primary N) is 1. The lowest BCUT2D eigenvalue weighted by Gasteiger charge is -2.17. The molecular weight excluding hydrogens is 254 g/mol. The number of carbonyl (C=O) groups is 1. The highest BCUT2D eigenvalue weighted by molar-refractivity contribution is 5.95. The predicted octanol–water partition coefficient (Wildman–Crippen LogP) is 0.757. The Bertz CT molecular complexity index is 595. The van der Waals surface area contributed by atoms with Gasteiger partial charge in [-0.25, -0.2) is 4.68 Å². The van der Waals surface area contributed by atoms with Gasteiger partial charge in [-0.1, -0.05) is 23.4 Å². The first-order chi connectivity index (χ1) is 9.79. The molecule has 1 unspecified atom stereocenters. The fourth-order valence-electron chi connectivity index (χ4n) is 2.72. The maximum atomic E-state index is 12.4. The SMILES string of the molecule is NCCC1CN(C(=O)Cn2ccnn2)c2ccccc21. The Morgan fingerprint density at radius 1 is 1.40 bits per heavy atom. The quantitative estimate of drug-likeness (QED) is 0.890. The first-order valence-electron chi connectivity index (χ1n) is 6.73. The van der Waals surface area contributed by atoms with Crippen molar-refractivity contribution in [3.63, 3.8) is 0 Å². The van der Waals surface area contributed by atoms with Crippen molar-refractivity contribution in [2.45, 2.75) is 18.9 Å². The van der Waals surface area contributed by atoms with Crippen LogP contribution in [0.5, 0.6) is 0 Å². The minimum Gasteiger partial charge on any atom is -0.330 e. The number of rotatable bonds is 4. The van der Waals surface area contributed by atoms with E-state index in [1.54, 1.807) is 17.1 Å². The van der Waals surface area contributed by atoms with Gasteiger partial charge in [0, 0.05) is 24.3 Å². The van der Waals surface area contributed by atoms with Crippen LogP contribution in [0.1, 0.15) is 17.9 Å². The average Bonchev–Trinajstić information content (AvgIpc) is 3.08. The predicted molar refractivity (Wildman–Crippen MR) is 75.2 cm³/mol. The number of carbonyl (C=O) groups excluding carboxylic acids is 1. The van der Waals surface area contributed by atoms with Gasteiger partial charge in [-0.3, -0.25) is 4.79 Å². The minimum atomic E-state index is 0.0301. The topological polar surface area (TPSA) is 77.0 Å². The monoisotopic (exact) mass is 271 g/mol. The molecule has 0 saturated heterocycles. The van der Waals surface area contributed by atoms with Crippen molar-refractivity contribution in [1.82, 2.24) is 15.0 Å². The van der Waals surface area contributed by atoms with Crippen LogP contribution in [0.2, 0.25) is 0 Å². The van der Waals surface area contributed by atoms with E-state index in [0.29, 0.717) is 19.0 Å². The Hall–Kier alpha value is -2.21. The summed E-state index contributed by atoms with van der Waals surface area (Å²) in [5, 5.41) is 7.55. The number of hydrogen-bond acceptors (Lipinski definition) is 4. The van der Waals surface area contributed by atoms with Gasteiger partial charge in [0.2, 0.25) is 5.91 Å². The number of anilines is 1. The summed E-state index contributed by atoms with van der Waals surface area (Å²) < 4.78 is 1.54. The highest BCUT2D eigenvalue weighted by atomic mass is 16.2. The molecule has 1 aromatic heterocycles. The summed E-state index contributed by atoms with van der Waals surface area (Å²) in [4.78, 5) is 14.3. The lowest BCUT2D eigenvalue weighted by atomic mass is 9.98. The van der Waals surface area contributed by atoms with Crippen molar-refractivity contribution in [3.8, 4) is 0 Å². The molecule has 6 nitrogen and oxygen atoms in total. The van der Waals surface area contributed by atoms with Gasteiger partial charge in [0.25, 0.3) is 0 Å². The summed E-state index contributed by atoms with van der Waals surface area (Å²) in [6.07, 6.45) is 4.16. The van der Waals surface area contributed by atoms with Crippen LogP contribution in [0.4, 0.5) is 5.69 Å². The van der Waals surface area contributed by atoms with E-state index in [9.17, 15) is 4.79 Å². The first-order valence-corrected chi connectivity index (χ1v) is 6.73. The molecule has 6 heteroatoms. The summed E-state index contributed by atoms with van der Waals surface area (Å²) in [6, 6.07) is 8.04. The standard InChI is InChI=1S/C14H17N5O/c15-6-5-11-9-19(13-4-2-1-3-12(11)13)14(20)10-18-8-7-16-17-18/h1-4,7-8,11H,5-6,9-10,15H2. The molecule has 3 rings (SSSR count). The number of fused-ring (bicyclic) bond motifs is 1. The fraction of sp³-hybridized carbons (Fsp3) is 0.357. The molecule has 2 aromatic rings. The Labute approximate surface area is 117 Å². The largest absolute Gasteiger partial charge is 0.330 e. The van der Waals surface area contributed by atoms with E-state index in [2.05, 4.69) is 16.4 Å². The molecule has 0 aliphatic carbocycles. The molecule has 1 aliphatic heterocycles. The van der Waals surface area contributed by atoms with E-state index in [4.69, 9.17) is 5.73 Å². The average molecular weight is 271 g/mol. The van der Waals surface area contributed by atoms with Crippen molar-refractivity contribution in [3.05, 3.63) is 42.2 Å². The number of aromatic nitrogens is 3. The third-order valence-corrected chi connectivity index (χ3v) is 3.66. The second-order valence-corrected chi connectivity index (χ2v) is 4.94. The third-order valence-electron chi connectivity index (χ3n) is 3.66. The molecule has 0 saturated carbocycles. The zero-order valence-electron chi connectivity index (χ0n) is 11.1.